The molecule has 1 N–H and O–H groups in total. The van der Waals surface area contributed by atoms with Crippen molar-refractivity contribution in [2.24, 2.45) is 0 Å². The Kier molecular flexibility index (Phi) is 11.4. The smallest absolute Gasteiger partial charge is 0.397 e. The van der Waals surface area contributed by atoms with Crippen LogP contribution in [0.3, 0.4) is 0 Å². The number of ether oxygens (including phenoxy) is 1. The zero-order valence-corrected chi connectivity index (χ0v) is 25.5. The molecule has 0 spiro atoms. The maximum absolute atomic E-state index is 15.4. The number of rotatable bonds is 8. The Bertz CT molecular complexity index is 1230. The Hall–Kier alpha value is -1.97. The number of H-pyrrole nitrogens is 1. The number of nitrogens with zero attached hydrogens (tertiary/aromatic N) is 1. The molecule has 212 valence electrons. The van der Waals surface area contributed by atoms with Crippen LogP contribution in [-0.2, 0) is 37.8 Å². The van der Waals surface area contributed by atoms with Gasteiger partial charge in [-0.25, -0.2) is 9.18 Å². The van der Waals surface area contributed by atoms with Crippen LogP contribution in [0, 0.1) is 10.5 Å². The number of benzene rings is 1. The molecule has 1 aromatic heterocycles. The number of nitrogens with one attached hydrogen (secondary N) is 1. The first-order valence-electron chi connectivity index (χ1n) is 12.7. The summed E-state index contributed by atoms with van der Waals surface area (Å²) in [5.74, 6) is 0.170. The number of carbonyl (C=O) groups excluding carboxylic acids is 1. The summed E-state index contributed by atoms with van der Waals surface area (Å²) in [6.45, 7) is 16.6. The third-order valence-corrected chi connectivity index (χ3v) is 7.33. The highest BCUT2D eigenvalue weighted by Gasteiger charge is 2.35. The van der Waals surface area contributed by atoms with Crippen LogP contribution in [0.25, 0.3) is 0 Å². The van der Waals surface area contributed by atoms with Gasteiger partial charge in [0.2, 0.25) is 0 Å². The van der Waals surface area contributed by atoms with E-state index < -0.39 is 14.3 Å². The van der Waals surface area contributed by atoms with Crippen molar-refractivity contribution in [1.29, 1.82) is 0 Å². The second-order valence-electron chi connectivity index (χ2n) is 10.8. The third kappa shape index (κ3) is 7.79. The quantitative estimate of drug-likeness (QED) is 0.214. The first-order valence-corrected chi connectivity index (χ1v) is 14.2. The average Bonchev–Trinajstić information content (AvgIpc) is 2.85. The zero-order valence-electron chi connectivity index (χ0n) is 23.8. The number of methoxy groups -OCH3 is 1. The molecule has 0 bridgehead atoms. The van der Waals surface area contributed by atoms with E-state index >= 15 is 4.39 Å². The molecule has 2 unspecified atom stereocenters. The van der Waals surface area contributed by atoms with E-state index in [-0.39, 0.29) is 52.7 Å². The minimum atomic E-state index is -1.77. The number of carbonyl (C=O) groups is 1. The lowest BCUT2D eigenvalue weighted by Gasteiger charge is -2.33. The van der Waals surface area contributed by atoms with Crippen LogP contribution in [0.2, 0.25) is 0 Å². The van der Waals surface area contributed by atoms with Crippen molar-refractivity contribution in [3.05, 3.63) is 55.5 Å². The van der Waals surface area contributed by atoms with Crippen molar-refractivity contribution in [2.75, 3.05) is 13.7 Å². The van der Waals surface area contributed by atoms with E-state index in [0.29, 0.717) is 29.6 Å². The van der Waals surface area contributed by atoms with Crippen molar-refractivity contribution >= 4 is 27.1 Å². The van der Waals surface area contributed by atoms with Crippen LogP contribution >= 0.6 is 20.8 Å². The Morgan fingerprint density at radius 3 is 2.39 bits per heavy atom. The molecule has 0 fully saturated rings. The maximum Gasteiger partial charge on any atom is 0.397 e. The molecule has 0 saturated carbocycles. The molecular formula is C27H40FN2O6PS. The monoisotopic (exact) mass is 570 g/mol. The van der Waals surface area contributed by atoms with Crippen molar-refractivity contribution in [1.82, 2.24) is 9.55 Å². The molecule has 2 aromatic rings. The molecule has 1 aliphatic heterocycles. The molecule has 11 heteroatoms. The predicted molar refractivity (Wildman–Crippen MR) is 150 cm³/mol. The highest BCUT2D eigenvalue weighted by atomic mass is 32.1. The van der Waals surface area contributed by atoms with Gasteiger partial charge in [-0.3, -0.25) is 23.4 Å². The second-order valence-corrected chi connectivity index (χ2v) is 12.3. The number of fused-ring (bicyclic) bond motifs is 1. The highest BCUT2D eigenvalue weighted by molar-refractivity contribution is 7.71. The molecule has 3 rings (SSSR count). The highest BCUT2D eigenvalue weighted by Crippen LogP contribution is 2.52. The molecule has 2 heterocycles. The van der Waals surface area contributed by atoms with Gasteiger partial charge in [0, 0.05) is 25.4 Å². The first kappa shape index (κ1) is 32.2. The number of aldehydes is 1. The maximum atomic E-state index is 15.4. The number of hydrogen-bond donors (Lipinski definition) is 1. The molecule has 2 atom stereocenters. The van der Waals surface area contributed by atoms with Crippen LogP contribution in [-0.4, -0.2) is 35.7 Å². The molecule has 8 nitrogen and oxygen atoms in total. The molecule has 0 saturated heterocycles. The average molecular weight is 571 g/mol. The summed E-state index contributed by atoms with van der Waals surface area (Å²) >= 11 is 4.97. The van der Waals surface area contributed by atoms with E-state index in [9.17, 15) is 9.59 Å². The van der Waals surface area contributed by atoms with E-state index in [1.807, 2.05) is 40.7 Å². The lowest BCUT2D eigenvalue weighted by molar-refractivity contribution is 0.0396. The normalized spacial score (nSPS) is 16.1. The van der Waals surface area contributed by atoms with Crippen molar-refractivity contribution in [3.8, 4) is 5.75 Å². The van der Waals surface area contributed by atoms with Crippen molar-refractivity contribution in [2.45, 2.75) is 91.9 Å². The van der Waals surface area contributed by atoms with Gasteiger partial charge >= 0.3 is 14.3 Å². The summed E-state index contributed by atoms with van der Waals surface area (Å²) in [5, 5.41) is 0. The summed E-state index contributed by atoms with van der Waals surface area (Å²) < 4.78 is 40.1. The van der Waals surface area contributed by atoms with Gasteiger partial charge in [-0.2, -0.15) is 0 Å². The Morgan fingerprint density at radius 1 is 1.21 bits per heavy atom. The van der Waals surface area contributed by atoms with E-state index in [1.54, 1.807) is 7.11 Å². The van der Waals surface area contributed by atoms with E-state index in [4.69, 9.17) is 30.5 Å². The molecule has 1 aromatic carbocycles. The minimum absolute atomic E-state index is 0.0463. The van der Waals surface area contributed by atoms with Gasteiger partial charge in [0.15, 0.2) is 6.29 Å². The Labute approximate surface area is 230 Å². The van der Waals surface area contributed by atoms with Gasteiger partial charge in [-0.05, 0) is 28.9 Å². The topological polar surface area (TPSA) is 91.8 Å². The lowest BCUT2D eigenvalue weighted by Crippen LogP contribution is -2.27. The number of aromatic amines is 1. The number of aryl methyl sites for hydroxylation is 1. The van der Waals surface area contributed by atoms with Crippen molar-refractivity contribution < 1.29 is 27.5 Å². The van der Waals surface area contributed by atoms with Crippen LogP contribution in [0.1, 0.15) is 88.9 Å². The Morgan fingerprint density at radius 2 is 1.84 bits per heavy atom. The van der Waals surface area contributed by atoms with Crippen LogP contribution in [0.15, 0.2) is 17.1 Å². The Balaban J connectivity index is 0.00000247. The van der Waals surface area contributed by atoms with Gasteiger partial charge in [0.25, 0.3) is 0 Å². The molecular weight excluding hydrogens is 530 g/mol. The first-order chi connectivity index (χ1) is 17.8. The fourth-order valence-corrected chi connectivity index (χ4v) is 5.04. The molecule has 0 radical (unpaired) electrons. The van der Waals surface area contributed by atoms with E-state index in [0.717, 1.165) is 5.56 Å². The minimum Gasteiger partial charge on any atom is -0.426 e. The standard InChI is InChI=1S/C25H34FN2O6PS.C2H6/c1-24(2,3)18-10-19(25(4,5)6)21-17(20(18)26)14-33-35(34-21)32-13-16(31-7)8-9-28-11-15(12-29)22(36)27-23(28)30;1-2/h10-12,16H,8-9,13-14H2,1-7H3,(H,27,30,36);1-2H3. The predicted octanol–water partition coefficient (Wildman–Crippen LogP) is 6.74. The summed E-state index contributed by atoms with van der Waals surface area (Å²) in [5.41, 5.74) is 1.10. The molecule has 1 aliphatic rings. The van der Waals surface area contributed by atoms with Gasteiger partial charge in [0.1, 0.15) is 16.2 Å². The summed E-state index contributed by atoms with van der Waals surface area (Å²) in [6.07, 6.45) is 2.07. The molecule has 0 aliphatic carbocycles. The molecule has 0 amide bonds. The second kappa shape index (κ2) is 13.4. The lowest BCUT2D eigenvalue weighted by atomic mass is 9.78. The third-order valence-electron chi connectivity index (χ3n) is 5.96. The fraction of sp³-hybridized carbons (Fsp3) is 0.593. The van der Waals surface area contributed by atoms with E-state index in [1.165, 1.54) is 10.8 Å². The van der Waals surface area contributed by atoms with Gasteiger partial charge in [0.05, 0.1) is 30.4 Å². The molecule has 38 heavy (non-hydrogen) atoms. The van der Waals surface area contributed by atoms with Crippen LogP contribution in [0.4, 0.5) is 4.39 Å². The van der Waals surface area contributed by atoms with Gasteiger partial charge < -0.3 is 9.26 Å². The summed E-state index contributed by atoms with van der Waals surface area (Å²) in [4.78, 5) is 25.8. The van der Waals surface area contributed by atoms with Crippen LogP contribution < -0.4 is 10.2 Å². The summed E-state index contributed by atoms with van der Waals surface area (Å²) in [7, 11) is -0.235. The fourth-order valence-electron chi connectivity index (χ4n) is 3.79. The number of aromatic nitrogens is 2. The summed E-state index contributed by atoms with van der Waals surface area (Å²) in [6, 6.07) is 1.89. The largest absolute Gasteiger partial charge is 0.426 e. The van der Waals surface area contributed by atoms with Gasteiger partial charge in [-0.1, -0.05) is 67.6 Å². The number of hydrogen-bond acceptors (Lipinski definition) is 7. The van der Waals surface area contributed by atoms with Crippen molar-refractivity contribution in [3.63, 3.8) is 0 Å². The van der Waals surface area contributed by atoms with Gasteiger partial charge in [-0.15, -0.1) is 0 Å². The zero-order chi connectivity index (χ0) is 28.8. The van der Waals surface area contributed by atoms with Crippen LogP contribution in [0.5, 0.6) is 5.75 Å². The SMILES string of the molecule is CC.COC(CCn1cc(C=O)c(=S)[nH]c1=O)COP1OCc2c(F)c(C(C)(C)C)cc(C(C)(C)C)c2O1. The van der Waals surface area contributed by atoms with E-state index in [2.05, 4.69) is 25.8 Å². The number of halogens is 1.